The van der Waals surface area contributed by atoms with Crippen LogP contribution in [0.4, 0.5) is 0 Å². The zero-order valence-corrected chi connectivity index (χ0v) is 77.1. The second-order valence-electron chi connectivity index (χ2n) is 38.3. The predicted octanol–water partition coefficient (Wildman–Crippen LogP) is 28.8. The molecule has 6 aliphatic carbocycles. The van der Waals surface area contributed by atoms with Crippen LogP contribution in [0.5, 0.6) is 0 Å². The third kappa shape index (κ3) is 24.5. The minimum atomic E-state index is -2.36. The minimum Gasteiger partial charge on any atom is -0.437 e. The van der Waals surface area contributed by atoms with Crippen LogP contribution in [0.25, 0.3) is 11.1 Å². The van der Waals surface area contributed by atoms with Gasteiger partial charge in [0.15, 0.2) is 33.3 Å². The first-order valence-corrected chi connectivity index (χ1v) is 64.1. The molecular formula is C87H150O6S3Si6. The molecule has 12 atom stereocenters. The van der Waals surface area contributed by atoms with Gasteiger partial charge in [0.25, 0.3) is 0 Å². The van der Waals surface area contributed by atoms with Crippen molar-refractivity contribution in [3.8, 4) is 0 Å². The second kappa shape index (κ2) is 38.8. The Kier molecular flexibility index (Phi) is 32.4. The fraction of sp³-hybridized carbons (Fsp3) is 0.793. The van der Waals surface area contributed by atoms with Crippen LogP contribution in [0.2, 0.25) is 104 Å². The van der Waals surface area contributed by atoms with E-state index in [9.17, 15) is 0 Å². The van der Waals surface area contributed by atoms with E-state index in [1.54, 1.807) is 21.6 Å². The SMILES string of the molecule is CCCCCCCCCCCCC1=C(c2sc(C)cc2CCCCCCCCCCCC)CC(c2ccc(C3CC4C(CCC5C(CCCCC[Si](C)(O[Si](C)(C)C)O[Si](C)(C)C)C6C7CC(c8ccc(C)s8)C(=O)C7CCC6C(CCCCC[Si](C)(O[Si](C)(C)C)O[Si](C)(C)C)C45)C3=O)s2)=C1. The van der Waals surface area contributed by atoms with Crippen molar-refractivity contribution in [3.63, 3.8) is 0 Å². The highest BCUT2D eigenvalue weighted by Gasteiger charge is 2.63. The highest BCUT2D eigenvalue weighted by atomic mass is 32.1. The zero-order valence-electron chi connectivity index (χ0n) is 68.6. The van der Waals surface area contributed by atoms with Crippen LogP contribution >= 0.6 is 34.0 Å². The van der Waals surface area contributed by atoms with Crippen LogP contribution in [0, 0.1) is 73.0 Å². The lowest BCUT2D eigenvalue weighted by Gasteiger charge is -2.61. The lowest BCUT2D eigenvalue weighted by atomic mass is 9.44. The van der Waals surface area contributed by atoms with E-state index in [0.717, 1.165) is 44.2 Å². The summed E-state index contributed by atoms with van der Waals surface area (Å²) in [6.45, 7) is 42.2. The molecule has 102 heavy (non-hydrogen) atoms. The highest BCUT2D eigenvalue weighted by molar-refractivity contribution is 7.14. The molecule has 0 aliphatic heterocycles. The van der Waals surface area contributed by atoms with Crippen molar-refractivity contribution in [2.24, 2.45) is 59.2 Å². The number of hydrogen-bond donors (Lipinski definition) is 0. The molecule has 0 N–H and O–H groups in total. The molecule has 5 fully saturated rings. The molecule has 3 heterocycles. The Morgan fingerprint density at radius 3 is 1.25 bits per heavy atom. The molecule has 576 valence electrons. The molecule has 9 rings (SSSR count). The van der Waals surface area contributed by atoms with Gasteiger partial charge in [0, 0.05) is 47.5 Å². The van der Waals surface area contributed by atoms with Gasteiger partial charge in [-0.3, -0.25) is 9.59 Å². The number of allylic oxidation sites excluding steroid dienone is 4. The number of rotatable bonds is 46. The van der Waals surface area contributed by atoms with E-state index in [1.165, 1.54) is 235 Å². The van der Waals surface area contributed by atoms with Crippen LogP contribution in [-0.2, 0) is 32.5 Å². The van der Waals surface area contributed by atoms with Gasteiger partial charge in [0.1, 0.15) is 11.6 Å². The second-order valence-corrected chi connectivity index (χ2v) is 67.7. The van der Waals surface area contributed by atoms with Gasteiger partial charge >= 0.3 is 17.1 Å². The van der Waals surface area contributed by atoms with Crippen molar-refractivity contribution in [3.05, 3.63) is 76.8 Å². The highest BCUT2D eigenvalue weighted by Crippen LogP contribution is 2.68. The summed E-state index contributed by atoms with van der Waals surface area (Å²) in [5.74, 6) is 5.99. The zero-order chi connectivity index (χ0) is 73.6. The molecular weight excluding hydrogens is 1410 g/mol. The van der Waals surface area contributed by atoms with Gasteiger partial charge in [0.05, 0.1) is 11.8 Å². The van der Waals surface area contributed by atoms with E-state index in [4.69, 9.17) is 16.5 Å². The maximum atomic E-state index is 15.8. The average molecular weight is 1560 g/mol. The summed E-state index contributed by atoms with van der Waals surface area (Å²) >= 11 is 5.96. The van der Waals surface area contributed by atoms with E-state index >= 15 is 9.59 Å². The van der Waals surface area contributed by atoms with Crippen LogP contribution in [0.15, 0.2) is 42.0 Å². The predicted molar refractivity (Wildman–Crippen MR) is 460 cm³/mol. The summed E-state index contributed by atoms with van der Waals surface area (Å²) in [5, 5.41) is 0. The monoisotopic (exact) mass is 1550 g/mol. The standard InChI is InChI=1S/C87H150O6S3Si6/c1-19-21-23-25-27-29-31-33-35-39-45-66-60-68(61-75(66)87-67(59-65(4)95-87)46-40-36-34-32-30-28-26-24-22-20-2)80-55-56-82(96-80)79-63-77-74(86(79)89)53-51-72-69(47-41-37-43-57-101(17,90-97(5,6)7)91-98(8,9)10)83-71(50-52-73-76(83)62-78(85(73)88)81-54-49-64(3)94-81)70(84(72)77)48-42-38-44-58-102(18,92-99(11,12)13)93-100(14,15)16/h49,54-56,59-60,69-74,76-79,83-84H,19-48,50-53,57-58,61-63H2,1-18H3. The summed E-state index contributed by atoms with van der Waals surface area (Å²) in [5.41, 5.74) is 6.33. The molecule has 12 unspecified atom stereocenters. The first-order valence-electron chi connectivity index (χ1n) is 42.9. The van der Waals surface area contributed by atoms with Crippen molar-refractivity contribution in [1.82, 2.24) is 0 Å². The van der Waals surface area contributed by atoms with E-state index in [-0.39, 0.29) is 23.7 Å². The topological polar surface area (TPSA) is 71.1 Å². The van der Waals surface area contributed by atoms with Gasteiger partial charge in [-0.1, -0.05) is 174 Å². The van der Waals surface area contributed by atoms with Gasteiger partial charge in [0.2, 0.25) is 0 Å². The van der Waals surface area contributed by atoms with Gasteiger partial charge < -0.3 is 16.5 Å². The summed E-state index contributed by atoms with van der Waals surface area (Å²) in [4.78, 5) is 39.3. The lowest BCUT2D eigenvalue weighted by Crippen LogP contribution is -2.55. The third-order valence-corrected chi connectivity index (χ3v) is 47.7. The molecule has 6 nitrogen and oxygen atoms in total. The van der Waals surface area contributed by atoms with Crippen molar-refractivity contribution in [2.75, 3.05) is 0 Å². The first-order chi connectivity index (χ1) is 48.4. The number of unbranched alkanes of at least 4 members (excludes halogenated alkanes) is 22. The Morgan fingerprint density at radius 2 is 0.824 bits per heavy atom. The van der Waals surface area contributed by atoms with Crippen molar-refractivity contribution in [2.45, 2.75) is 381 Å². The largest absolute Gasteiger partial charge is 0.437 e. The fourth-order valence-corrected chi connectivity index (χ4v) is 50.1. The summed E-state index contributed by atoms with van der Waals surface area (Å²) in [7, 11) is -12.0. The maximum absolute atomic E-state index is 15.8. The van der Waals surface area contributed by atoms with Crippen LogP contribution in [-0.4, -0.2) is 62.0 Å². The molecule has 6 aliphatic rings. The summed E-state index contributed by atoms with van der Waals surface area (Å²) in [6, 6.07) is 14.2. The molecule has 0 amide bonds. The number of hydrogen-bond acceptors (Lipinski definition) is 9. The number of Topliss-reactive ketones (excluding diaryl/α,β-unsaturated/α-hetero) is 2. The lowest BCUT2D eigenvalue weighted by molar-refractivity contribution is -0.143. The molecule has 0 spiro atoms. The smallest absolute Gasteiger partial charge is 0.314 e. The van der Waals surface area contributed by atoms with E-state index in [1.807, 2.05) is 22.7 Å². The third-order valence-electron chi connectivity index (χ3n) is 24.9. The van der Waals surface area contributed by atoms with Gasteiger partial charge in [-0.2, -0.15) is 0 Å². The van der Waals surface area contributed by atoms with Crippen LogP contribution in [0.3, 0.4) is 0 Å². The first kappa shape index (κ1) is 85.1. The van der Waals surface area contributed by atoms with Crippen LogP contribution < -0.4 is 0 Å². The molecule has 3 aromatic heterocycles. The van der Waals surface area contributed by atoms with Crippen molar-refractivity contribution >= 4 is 107 Å². The van der Waals surface area contributed by atoms with Crippen LogP contribution in [0.1, 0.15) is 292 Å². The summed E-state index contributed by atoms with van der Waals surface area (Å²) < 4.78 is 28.4. The number of carbonyl (C=O) groups is 2. The van der Waals surface area contributed by atoms with E-state index < -0.39 is 50.4 Å². The number of fused-ring (bicyclic) bond motifs is 6. The fourth-order valence-electron chi connectivity index (χ4n) is 21.6. The van der Waals surface area contributed by atoms with E-state index in [2.05, 4.69) is 167 Å². The molecule has 0 radical (unpaired) electrons. The molecule has 0 bridgehead atoms. The summed E-state index contributed by atoms with van der Waals surface area (Å²) in [6.07, 6.45) is 49.8. The molecule has 15 heteroatoms. The number of thiophene rings is 3. The number of carbonyl (C=O) groups excluding carboxylic acids is 2. The molecule has 3 aromatic rings. The number of ketones is 2. The Balaban J connectivity index is 0.976. The number of aryl methyl sites for hydroxylation is 3. The maximum Gasteiger partial charge on any atom is 0.314 e. The van der Waals surface area contributed by atoms with E-state index in [0.29, 0.717) is 58.9 Å². The average Bonchev–Trinajstić information content (AvgIpc) is 1.45. The Hall–Kier alpha value is -0.939. The Labute approximate surface area is 644 Å². The van der Waals surface area contributed by atoms with Crippen molar-refractivity contribution in [1.29, 1.82) is 0 Å². The van der Waals surface area contributed by atoms with Gasteiger partial charge in [-0.15, -0.1) is 34.0 Å². The molecule has 5 saturated carbocycles. The quantitative estimate of drug-likeness (QED) is 0.0415. The van der Waals surface area contributed by atoms with Gasteiger partial charge in [-0.05, 0) is 295 Å². The Morgan fingerprint density at radius 1 is 0.422 bits per heavy atom. The Bertz CT molecular complexity index is 3120. The molecule has 0 aromatic carbocycles. The van der Waals surface area contributed by atoms with Crippen molar-refractivity contribution < 1.29 is 26.0 Å². The normalized spacial score (nSPS) is 25.8. The minimum absolute atomic E-state index is 0.00344. The van der Waals surface area contributed by atoms with Gasteiger partial charge in [-0.25, -0.2) is 0 Å². The molecule has 0 saturated heterocycles.